The van der Waals surface area contributed by atoms with E-state index in [9.17, 15) is 26.4 Å². The second kappa shape index (κ2) is 7.75. The molecule has 3 N–H and O–H groups in total. The van der Waals surface area contributed by atoms with Gasteiger partial charge in [0, 0.05) is 5.69 Å². The highest BCUT2D eigenvalue weighted by Crippen LogP contribution is 2.31. The van der Waals surface area contributed by atoms with Crippen LogP contribution < -0.4 is 15.2 Å². The molecule has 1 amide bonds. The maximum atomic E-state index is 12.6. The zero-order valence-corrected chi connectivity index (χ0v) is 14.1. The lowest BCUT2D eigenvalue weighted by Gasteiger charge is -2.10. The molecule has 0 radical (unpaired) electrons. The summed E-state index contributed by atoms with van der Waals surface area (Å²) in [6, 6.07) is 10.1. The number of benzene rings is 2. The first-order valence-corrected chi connectivity index (χ1v) is 8.94. The predicted octanol–water partition coefficient (Wildman–Crippen LogP) is 2.51. The molecule has 0 aliphatic carbocycles. The van der Waals surface area contributed by atoms with Gasteiger partial charge in [-0.15, -0.1) is 0 Å². The zero-order chi connectivity index (χ0) is 19.4. The first kappa shape index (κ1) is 19.7. The molecular formula is C16H15F3N2O4S. The van der Waals surface area contributed by atoms with Gasteiger partial charge in [0.25, 0.3) is 5.91 Å². The topological polar surface area (TPSA) is 98.5 Å². The summed E-state index contributed by atoms with van der Waals surface area (Å²) in [4.78, 5) is 11.8. The number of carbonyl (C=O) groups excluding carboxylic acids is 1. The van der Waals surface area contributed by atoms with Gasteiger partial charge in [0.1, 0.15) is 5.75 Å². The van der Waals surface area contributed by atoms with Gasteiger partial charge in [0.2, 0.25) is 10.0 Å². The number of halogens is 3. The number of nitrogens with two attached hydrogens (primary N) is 1. The second-order valence-electron chi connectivity index (χ2n) is 5.37. The summed E-state index contributed by atoms with van der Waals surface area (Å²) in [7, 11) is -3.65. The van der Waals surface area contributed by atoms with Gasteiger partial charge in [-0.2, -0.15) is 13.2 Å². The molecule has 0 atom stereocenters. The van der Waals surface area contributed by atoms with Gasteiger partial charge in [0.05, 0.1) is 11.3 Å². The molecule has 2 aromatic carbocycles. The molecule has 0 spiro atoms. The quantitative estimate of drug-likeness (QED) is 0.794. The van der Waals surface area contributed by atoms with Crippen LogP contribution in [0.15, 0.2) is 48.5 Å². The molecule has 0 aromatic heterocycles. The number of sulfonamides is 1. The van der Waals surface area contributed by atoms with Crippen LogP contribution in [0.4, 0.5) is 18.9 Å². The molecule has 0 saturated carbocycles. The van der Waals surface area contributed by atoms with Crippen molar-refractivity contribution in [1.82, 2.24) is 0 Å². The van der Waals surface area contributed by atoms with Crippen LogP contribution in [-0.4, -0.2) is 20.9 Å². The Bertz CT molecular complexity index is 881. The summed E-state index contributed by atoms with van der Waals surface area (Å²) in [5.41, 5.74) is -0.0487. The number of hydrogen-bond donors (Lipinski definition) is 2. The minimum Gasteiger partial charge on any atom is -0.484 e. The van der Waals surface area contributed by atoms with Crippen molar-refractivity contribution in [2.75, 3.05) is 11.9 Å². The van der Waals surface area contributed by atoms with Crippen molar-refractivity contribution in [3.8, 4) is 5.75 Å². The van der Waals surface area contributed by atoms with Crippen molar-refractivity contribution in [3.63, 3.8) is 0 Å². The van der Waals surface area contributed by atoms with Crippen molar-refractivity contribution >= 4 is 21.6 Å². The largest absolute Gasteiger partial charge is 0.484 e. The molecule has 26 heavy (non-hydrogen) atoms. The van der Waals surface area contributed by atoms with Crippen molar-refractivity contribution in [1.29, 1.82) is 0 Å². The Hall–Kier alpha value is -2.59. The Morgan fingerprint density at radius 3 is 2.35 bits per heavy atom. The van der Waals surface area contributed by atoms with Crippen LogP contribution in [0, 0.1) is 0 Å². The van der Waals surface area contributed by atoms with Crippen molar-refractivity contribution in [2.45, 2.75) is 11.9 Å². The minimum atomic E-state index is -4.50. The Morgan fingerprint density at radius 2 is 1.77 bits per heavy atom. The number of hydrogen-bond acceptors (Lipinski definition) is 4. The minimum absolute atomic E-state index is 0.0847. The van der Waals surface area contributed by atoms with Crippen LogP contribution in [0.2, 0.25) is 0 Å². The molecule has 0 fully saturated rings. The lowest BCUT2D eigenvalue weighted by Crippen LogP contribution is -2.20. The average Bonchev–Trinajstić information content (AvgIpc) is 2.53. The molecular weight excluding hydrogens is 373 g/mol. The Balaban J connectivity index is 1.91. The summed E-state index contributed by atoms with van der Waals surface area (Å²) in [6.45, 7) is -0.486. The van der Waals surface area contributed by atoms with E-state index in [0.717, 1.165) is 12.1 Å². The number of primary sulfonamides is 1. The van der Waals surface area contributed by atoms with Crippen LogP contribution in [0.5, 0.6) is 5.75 Å². The van der Waals surface area contributed by atoms with Gasteiger partial charge in [-0.3, -0.25) is 4.79 Å². The van der Waals surface area contributed by atoms with Gasteiger partial charge < -0.3 is 10.1 Å². The maximum Gasteiger partial charge on any atom is 0.416 e. The number of carbonyl (C=O) groups is 1. The summed E-state index contributed by atoms with van der Waals surface area (Å²) in [5.74, 6) is -1.00. The van der Waals surface area contributed by atoms with Crippen LogP contribution >= 0.6 is 0 Å². The molecule has 0 aliphatic rings. The molecule has 0 bridgehead atoms. The Morgan fingerprint density at radius 1 is 1.12 bits per heavy atom. The third-order valence-electron chi connectivity index (χ3n) is 3.14. The first-order chi connectivity index (χ1) is 12.0. The molecule has 140 valence electrons. The lowest BCUT2D eigenvalue weighted by molar-refractivity contribution is -0.137. The smallest absolute Gasteiger partial charge is 0.416 e. The van der Waals surface area contributed by atoms with E-state index >= 15 is 0 Å². The normalized spacial score (nSPS) is 11.8. The number of nitrogens with one attached hydrogen (secondary N) is 1. The van der Waals surface area contributed by atoms with Crippen molar-refractivity contribution in [3.05, 3.63) is 59.7 Å². The van der Waals surface area contributed by atoms with Crippen molar-refractivity contribution < 1.29 is 31.1 Å². The first-order valence-electron chi connectivity index (χ1n) is 7.22. The number of alkyl halides is 3. The molecule has 6 nitrogen and oxygen atoms in total. The third-order valence-corrected chi connectivity index (χ3v) is 3.87. The Labute approximate surface area is 147 Å². The van der Waals surface area contributed by atoms with Crippen LogP contribution in [0.1, 0.15) is 11.1 Å². The van der Waals surface area contributed by atoms with Gasteiger partial charge in [-0.05, 0) is 35.9 Å². The van der Waals surface area contributed by atoms with Crippen LogP contribution in [0.25, 0.3) is 0 Å². The highest BCUT2D eigenvalue weighted by atomic mass is 32.2. The van der Waals surface area contributed by atoms with E-state index in [4.69, 9.17) is 9.88 Å². The average molecular weight is 388 g/mol. The number of anilines is 1. The van der Waals surface area contributed by atoms with E-state index in [1.807, 2.05) is 0 Å². The van der Waals surface area contributed by atoms with Crippen LogP contribution in [-0.2, 0) is 26.7 Å². The van der Waals surface area contributed by atoms with Gasteiger partial charge in [-0.1, -0.05) is 18.2 Å². The van der Waals surface area contributed by atoms with E-state index in [-0.39, 0.29) is 11.5 Å². The second-order valence-corrected chi connectivity index (χ2v) is 6.98. The van der Waals surface area contributed by atoms with E-state index < -0.39 is 34.3 Å². The maximum absolute atomic E-state index is 12.6. The standard InChI is InChI=1S/C16H15F3N2O4S/c17-16(18,19)12-2-1-3-14(8-12)25-9-15(22)21-13-6-4-11(5-7-13)10-26(20,23)24/h1-8H,9-10H2,(H,21,22)(H2,20,23,24). The zero-order valence-electron chi connectivity index (χ0n) is 13.3. The fourth-order valence-corrected chi connectivity index (χ4v) is 2.68. The summed E-state index contributed by atoms with van der Waals surface area (Å²) >= 11 is 0. The molecule has 0 saturated heterocycles. The van der Waals surface area contributed by atoms with E-state index in [0.29, 0.717) is 11.3 Å². The highest BCUT2D eigenvalue weighted by molar-refractivity contribution is 7.88. The highest BCUT2D eigenvalue weighted by Gasteiger charge is 2.30. The van der Waals surface area contributed by atoms with Gasteiger partial charge in [-0.25, -0.2) is 13.6 Å². The molecule has 2 rings (SSSR count). The number of amides is 1. The molecule has 0 heterocycles. The van der Waals surface area contributed by atoms with E-state index in [1.165, 1.54) is 36.4 Å². The third kappa shape index (κ3) is 6.37. The molecule has 2 aromatic rings. The summed E-state index contributed by atoms with van der Waals surface area (Å²) in [5, 5.41) is 7.41. The molecule has 10 heteroatoms. The Kier molecular flexibility index (Phi) is 5.88. The lowest BCUT2D eigenvalue weighted by atomic mass is 10.2. The van der Waals surface area contributed by atoms with Crippen LogP contribution in [0.3, 0.4) is 0 Å². The number of ether oxygens (including phenoxy) is 1. The van der Waals surface area contributed by atoms with E-state index in [2.05, 4.69) is 5.32 Å². The van der Waals surface area contributed by atoms with E-state index in [1.54, 1.807) is 0 Å². The number of rotatable bonds is 6. The monoisotopic (exact) mass is 388 g/mol. The van der Waals surface area contributed by atoms with Gasteiger partial charge >= 0.3 is 6.18 Å². The van der Waals surface area contributed by atoms with Gasteiger partial charge in [0.15, 0.2) is 6.61 Å². The fourth-order valence-electron chi connectivity index (χ4n) is 2.02. The summed E-state index contributed by atoms with van der Waals surface area (Å²) < 4.78 is 64.9. The fraction of sp³-hybridized carbons (Fsp3) is 0.188. The SMILES string of the molecule is NS(=O)(=O)Cc1ccc(NC(=O)COc2cccc(C(F)(F)F)c2)cc1. The summed E-state index contributed by atoms with van der Waals surface area (Å²) in [6.07, 6.45) is -4.50. The predicted molar refractivity (Wildman–Crippen MR) is 88.8 cm³/mol. The molecule has 0 aliphatic heterocycles. The van der Waals surface area contributed by atoms with Crippen molar-refractivity contribution in [2.24, 2.45) is 5.14 Å². The molecule has 0 unspecified atom stereocenters.